The maximum absolute atomic E-state index is 11.5. The molecule has 0 aromatic heterocycles. The Kier molecular flexibility index (Phi) is 3.29. The van der Waals surface area contributed by atoms with Crippen molar-refractivity contribution in [3.63, 3.8) is 0 Å². The van der Waals surface area contributed by atoms with Crippen molar-refractivity contribution in [1.29, 1.82) is 0 Å². The van der Waals surface area contributed by atoms with Gasteiger partial charge in [-0.1, -0.05) is 25.4 Å². The Morgan fingerprint density at radius 2 is 2.29 bits per heavy atom. The van der Waals surface area contributed by atoms with Gasteiger partial charge in [-0.25, -0.2) is 0 Å². The zero-order valence-corrected chi connectivity index (χ0v) is 10.9. The molecule has 1 heterocycles. The van der Waals surface area contributed by atoms with E-state index in [0.717, 1.165) is 17.8 Å². The first-order valence-electron chi connectivity index (χ1n) is 5.82. The first-order chi connectivity index (χ1) is 7.99. The zero-order valence-electron chi connectivity index (χ0n) is 10.1. The monoisotopic (exact) mass is 252 g/mol. The van der Waals surface area contributed by atoms with Crippen molar-refractivity contribution in [2.24, 2.45) is 11.7 Å². The summed E-state index contributed by atoms with van der Waals surface area (Å²) in [7, 11) is 0. The van der Waals surface area contributed by atoms with Crippen molar-refractivity contribution in [2.45, 2.75) is 19.8 Å². The van der Waals surface area contributed by atoms with E-state index in [1.807, 2.05) is 18.2 Å². The van der Waals surface area contributed by atoms with Crippen LogP contribution >= 0.6 is 11.6 Å². The van der Waals surface area contributed by atoms with Gasteiger partial charge in [0, 0.05) is 23.8 Å². The van der Waals surface area contributed by atoms with Crippen LogP contribution in [0, 0.1) is 5.92 Å². The molecule has 2 rings (SSSR count). The van der Waals surface area contributed by atoms with Crippen LogP contribution in [0.25, 0.3) is 0 Å². The topological polar surface area (TPSA) is 46.3 Å². The van der Waals surface area contributed by atoms with Crippen LogP contribution in [0.4, 0.5) is 5.69 Å². The number of carbonyl (C=O) groups is 1. The summed E-state index contributed by atoms with van der Waals surface area (Å²) in [5, 5.41) is 0.654. The van der Waals surface area contributed by atoms with Crippen LogP contribution in [0.3, 0.4) is 0 Å². The molecule has 17 heavy (non-hydrogen) atoms. The average molecular weight is 253 g/mol. The largest absolute Gasteiger partial charge is 0.370 e. The molecular weight excluding hydrogens is 236 g/mol. The highest BCUT2D eigenvalue weighted by atomic mass is 35.5. The van der Waals surface area contributed by atoms with Gasteiger partial charge in [-0.15, -0.1) is 0 Å². The van der Waals surface area contributed by atoms with Crippen LogP contribution in [0.5, 0.6) is 0 Å². The molecule has 0 fully saturated rings. The summed E-state index contributed by atoms with van der Waals surface area (Å²) in [6, 6.07) is 5.69. The third-order valence-electron chi connectivity index (χ3n) is 3.04. The summed E-state index contributed by atoms with van der Waals surface area (Å²) in [6.45, 7) is 5.92. The van der Waals surface area contributed by atoms with Crippen LogP contribution in [0.2, 0.25) is 5.02 Å². The molecule has 1 atom stereocenters. The van der Waals surface area contributed by atoms with Gasteiger partial charge in [0.05, 0.1) is 5.92 Å². The van der Waals surface area contributed by atoms with E-state index in [9.17, 15) is 4.79 Å². The van der Waals surface area contributed by atoms with Crippen molar-refractivity contribution in [3.8, 4) is 0 Å². The Morgan fingerprint density at radius 3 is 2.88 bits per heavy atom. The number of hydrogen-bond donors (Lipinski definition) is 1. The molecule has 1 aromatic rings. The number of rotatable bonds is 3. The third-order valence-corrected chi connectivity index (χ3v) is 3.27. The quantitative estimate of drug-likeness (QED) is 0.898. The average Bonchev–Trinajstić information content (AvgIpc) is 2.55. The number of primary amides is 1. The molecule has 2 N–H and O–H groups in total. The third kappa shape index (κ3) is 2.39. The predicted octanol–water partition coefficient (Wildman–Crippen LogP) is 2.38. The van der Waals surface area contributed by atoms with Crippen LogP contribution < -0.4 is 10.6 Å². The van der Waals surface area contributed by atoms with E-state index in [1.54, 1.807) is 0 Å². The van der Waals surface area contributed by atoms with Crippen molar-refractivity contribution < 1.29 is 4.79 Å². The van der Waals surface area contributed by atoms with Gasteiger partial charge in [0.1, 0.15) is 0 Å². The van der Waals surface area contributed by atoms with Crippen molar-refractivity contribution in [2.75, 3.05) is 18.0 Å². The first-order valence-corrected chi connectivity index (χ1v) is 6.20. The molecule has 0 aliphatic carbocycles. The standard InChI is InChI=1S/C13H17ClN2O/c1-8(2)6-16-7-11(13(15)17)10-5-9(14)3-4-12(10)16/h3-5,8,11H,6-7H2,1-2H3,(H2,15,17). The number of hydrogen-bond acceptors (Lipinski definition) is 2. The second-order valence-corrected chi connectivity index (χ2v) is 5.39. The van der Waals surface area contributed by atoms with E-state index in [1.165, 1.54) is 0 Å². The van der Waals surface area contributed by atoms with Gasteiger partial charge in [0.25, 0.3) is 0 Å². The fourth-order valence-corrected chi connectivity index (χ4v) is 2.55. The van der Waals surface area contributed by atoms with Gasteiger partial charge in [0.15, 0.2) is 0 Å². The molecule has 0 spiro atoms. The lowest BCUT2D eigenvalue weighted by Gasteiger charge is -2.21. The summed E-state index contributed by atoms with van der Waals surface area (Å²) < 4.78 is 0. The van der Waals surface area contributed by atoms with Gasteiger partial charge >= 0.3 is 0 Å². The highest BCUT2D eigenvalue weighted by molar-refractivity contribution is 6.30. The van der Waals surface area contributed by atoms with Crippen LogP contribution in [-0.2, 0) is 4.79 Å². The van der Waals surface area contributed by atoms with E-state index in [2.05, 4.69) is 18.7 Å². The summed E-state index contributed by atoms with van der Waals surface area (Å²) in [4.78, 5) is 13.7. The number of nitrogens with zero attached hydrogens (tertiary/aromatic N) is 1. The van der Waals surface area contributed by atoms with Gasteiger partial charge < -0.3 is 10.6 Å². The molecule has 1 aromatic carbocycles. The molecule has 92 valence electrons. The van der Waals surface area contributed by atoms with Crippen LogP contribution in [0.1, 0.15) is 25.3 Å². The SMILES string of the molecule is CC(C)CN1CC(C(N)=O)c2cc(Cl)ccc21. The van der Waals surface area contributed by atoms with E-state index in [4.69, 9.17) is 17.3 Å². The molecule has 1 aliphatic heterocycles. The van der Waals surface area contributed by atoms with E-state index in [0.29, 0.717) is 17.5 Å². The molecular formula is C13H17ClN2O. The summed E-state index contributed by atoms with van der Waals surface area (Å²) >= 11 is 5.98. The van der Waals surface area contributed by atoms with E-state index < -0.39 is 0 Å². The maximum Gasteiger partial charge on any atom is 0.226 e. The molecule has 1 amide bonds. The Balaban J connectivity index is 2.37. The molecule has 0 bridgehead atoms. The summed E-state index contributed by atoms with van der Waals surface area (Å²) in [5.74, 6) is 0.0346. The minimum absolute atomic E-state index is 0.234. The van der Waals surface area contributed by atoms with Crippen molar-refractivity contribution in [1.82, 2.24) is 0 Å². The van der Waals surface area contributed by atoms with Gasteiger partial charge in [0.2, 0.25) is 5.91 Å². The zero-order chi connectivity index (χ0) is 12.6. The number of anilines is 1. The molecule has 0 saturated heterocycles. The number of carbonyl (C=O) groups excluding carboxylic acids is 1. The fourth-order valence-electron chi connectivity index (χ4n) is 2.37. The number of fused-ring (bicyclic) bond motifs is 1. The number of halogens is 1. The molecule has 1 aliphatic rings. The molecule has 0 radical (unpaired) electrons. The minimum atomic E-state index is -0.278. The number of benzene rings is 1. The van der Waals surface area contributed by atoms with Crippen LogP contribution in [0.15, 0.2) is 18.2 Å². The van der Waals surface area contributed by atoms with Crippen LogP contribution in [-0.4, -0.2) is 19.0 Å². The molecule has 1 unspecified atom stereocenters. The molecule has 0 saturated carbocycles. The Hall–Kier alpha value is -1.22. The van der Waals surface area contributed by atoms with Crippen molar-refractivity contribution in [3.05, 3.63) is 28.8 Å². The second kappa shape index (κ2) is 4.57. The highest BCUT2D eigenvalue weighted by Crippen LogP contribution is 2.38. The van der Waals surface area contributed by atoms with Crippen molar-refractivity contribution >= 4 is 23.2 Å². The van der Waals surface area contributed by atoms with Gasteiger partial charge in [-0.2, -0.15) is 0 Å². The smallest absolute Gasteiger partial charge is 0.226 e. The highest BCUT2D eigenvalue weighted by Gasteiger charge is 2.32. The first kappa shape index (κ1) is 12.2. The number of nitrogens with two attached hydrogens (primary N) is 1. The Labute approximate surface area is 107 Å². The maximum atomic E-state index is 11.5. The van der Waals surface area contributed by atoms with E-state index in [-0.39, 0.29) is 11.8 Å². The lowest BCUT2D eigenvalue weighted by molar-refractivity contribution is -0.119. The Morgan fingerprint density at radius 1 is 1.59 bits per heavy atom. The van der Waals surface area contributed by atoms with Gasteiger partial charge in [-0.3, -0.25) is 4.79 Å². The lowest BCUT2D eigenvalue weighted by Crippen LogP contribution is -2.30. The molecule has 3 nitrogen and oxygen atoms in total. The molecule has 4 heteroatoms. The van der Waals surface area contributed by atoms with Gasteiger partial charge in [-0.05, 0) is 29.7 Å². The summed E-state index contributed by atoms with van der Waals surface area (Å²) in [5.41, 5.74) is 7.50. The predicted molar refractivity (Wildman–Crippen MR) is 70.4 cm³/mol. The summed E-state index contributed by atoms with van der Waals surface area (Å²) in [6.07, 6.45) is 0. The second-order valence-electron chi connectivity index (χ2n) is 4.96. The van der Waals surface area contributed by atoms with E-state index >= 15 is 0 Å². The lowest BCUT2D eigenvalue weighted by atomic mass is 10.0. The fraction of sp³-hybridized carbons (Fsp3) is 0.462. The Bertz CT molecular complexity index is 445. The minimum Gasteiger partial charge on any atom is -0.370 e. The normalized spacial score (nSPS) is 18.6. The number of amides is 1.